The lowest BCUT2D eigenvalue weighted by atomic mass is 10.1. The number of benzene rings is 3. The molecule has 0 amide bonds. The first-order chi connectivity index (χ1) is 17.6. The van der Waals surface area contributed by atoms with Gasteiger partial charge >= 0.3 is 22.1 Å². The highest BCUT2D eigenvalue weighted by molar-refractivity contribution is 8.00. The first kappa shape index (κ1) is 28.2. The van der Waals surface area contributed by atoms with Crippen LogP contribution in [0.2, 0.25) is 0 Å². The molecule has 0 heterocycles. The van der Waals surface area contributed by atoms with Gasteiger partial charge < -0.3 is 14.0 Å². The number of carbonyl (C=O) groups is 2. The van der Waals surface area contributed by atoms with Crippen LogP contribution >= 0.6 is 11.8 Å². The number of aliphatic carboxylic acids is 1. The van der Waals surface area contributed by atoms with Gasteiger partial charge in [0.2, 0.25) is 0 Å². The molecule has 3 aromatic rings. The first-order valence-corrected chi connectivity index (χ1v) is 14.2. The summed E-state index contributed by atoms with van der Waals surface area (Å²) in [6, 6.07) is 19.5. The van der Waals surface area contributed by atoms with Crippen LogP contribution in [0, 0.1) is 5.82 Å². The van der Waals surface area contributed by atoms with Crippen molar-refractivity contribution in [3.63, 3.8) is 0 Å². The van der Waals surface area contributed by atoms with E-state index in [9.17, 15) is 27.5 Å². The maximum atomic E-state index is 13.0. The third kappa shape index (κ3) is 10.3. The van der Waals surface area contributed by atoms with E-state index in [2.05, 4.69) is 0 Å². The van der Waals surface area contributed by atoms with Gasteiger partial charge in [0, 0.05) is 0 Å². The lowest BCUT2D eigenvalue weighted by Gasteiger charge is -2.13. The van der Waals surface area contributed by atoms with Gasteiger partial charge in [-0.05, 0) is 65.1 Å². The van der Waals surface area contributed by atoms with E-state index in [1.54, 1.807) is 48.5 Å². The molecule has 0 aromatic heterocycles. The van der Waals surface area contributed by atoms with E-state index in [-0.39, 0.29) is 24.6 Å². The van der Waals surface area contributed by atoms with Crippen molar-refractivity contribution in [2.75, 3.05) is 12.0 Å². The quantitative estimate of drug-likeness (QED) is 0.248. The number of hydrogen-bond donors (Lipinski definition) is 1. The Balaban J connectivity index is 1.44. The number of esters is 1. The zero-order chi connectivity index (χ0) is 26.8. The van der Waals surface area contributed by atoms with Gasteiger partial charge in [-0.3, -0.25) is 9.59 Å². The average molecular weight is 547 g/mol. The van der Waals surface area contributed by atoms with Crippen molar-refractivity contribution in [2.45, 2.75) is 31.1 Å². The van der Waals surface area contributed by atoms with Crippen LogP contribution in [0.15, 0.2) is 72.8 Å². The second kappa shape index (κ2) is 13.3. The summed E-state index contributed by atoms with van der Waals surface area (Å²) in [6.45, 7) is 0.0332. The molecule has 1 atom stereocenters. The molecule has 196 valence electrons. The largest absolute Gasteiger partial charge is 0.480 e. The molecule has 0 saturated carbocycles. The van der Waals surface area contributed by atoms with E-state index < -0.39 is 27.3 Å². The molecule has 0 fully saturated rings. The smallest absolute Gasteiger partial charge is 0.316 e. The SMILES string of the molecule is CS(=O)(=O)Oc1ccc(COC(=O)Cc2ccc(CC(SCCc3ccc(F)cc3)C(=O)O)cc2)cc1. The highest BCUT2D eigenvalue weighted by Gasteiger charge is 2.18. The van der Waals surface area contributed by atoms with Crippen LogP contribution in [-0.4, -0.2) is 42.7 Å². The molecule has 37 heavy (non-hydrogen) atoms. The molecule has 0 aliphatic rings. The average Bonchev–Trinajstić information content (AvgIpc) is 2.84. The Hall–Kier alpha value is -3.37. The van der Waals surface area contributed by atoms with E-state index in [4.69, 9.17) is 8.92 Å². The predicted molar refractivity (Wildman–Crippen MR) is 140 cm³/mol. The molecule has 1 unspecified atom stereocenters. The predicted octanol–water partition coefficient (Wildman–Crippen LogP) is 4.42. The first-order valence-electron chi connectivity index (χ1n) is 11.4. The lowest BCUT2D eigenvalue weighted by molar-refractivity contribution is -0.144. The number of halogens is 1. The molecule has 1 N–H and O–H groups in total. The van der Waals surface area contributed by atoms with Crippen LogP contribution in [0.4, 0.5) is 4.39 Å². The summed E-state index contributed by atoms with van der Waals surface area (Å²) in [5, 5.41) is 8.97. The van der Waals surface area contributed by atoms with Crippen LogP contribution in [0.3, 0.4) is 0 Å². The molecule has 3 rings (SSSR count). The van der Waals surface area contributed by atoms with Crippen LogP contribution in [0.1, 0.15) is 22.3 Å². The Kier molecular flexibility index (Phi) is 10.1. The van der Waals surface area contributed by atoms with E-state index in [1.807, 2.05) is 0 Å². The van der Waals surface area contributed by atoms with Crippen LogP contribution < -0.4 is 4.18 Å². The molecular formula is C27H27FO7S2. The maximum absolute atomic E-state index is 13.0. The summed E-state index contributed by atoms with van der Waals surface area (Å²) < 4.78 is 45.4. The third-order valence-corrected chi connectivity index (χ3v) is 6.97. The number of carbonyl (C=O) groups excluding carboxylic acids is 1. The molecule has 0 radical (unpaired) electrons. The van der Waals surface area contributed by atoms with Gasteiger partial charge in [0.25, 0.3) is 0 Å². The van der Waals surface area contributed by atoms with Crippen molar-refractivity contribution in [3.05, 3.63) is 101 Å². The Labute approximate surface area is 219 Å². The fourth-order valence-corrected chi connectivity index (χ4v) is 4.94. The highest BCUT2D eigenvalue weighted by Crippen LogP contribution is 2.20. The second-order valence-corrected chi connectivity index (χ2v) is 11.2. The minimum atomic E-state index is -3.61. The molecule has 0 bridgehead atoms. The Bertz CT molecular complexity index is 1290. The fraction of sp³-hybridized carbons (Fsp3) is 0.259. The van der Waals surface area contributed by atoms with Gasteiger partial charge in [-0.25, -0.2) is 4.39 Å². The lowest BCUT2D eigenvalue weighted by Crippen LogP contribution is -2.20. The van der Waals surface area contributed by atoms with Crippen molar-refractivity contribution < 1.29 is 36.4 Å². The zero-order valence-corrected chi connectivity index (χ0v) is 21.8. The molecule has 0 aliphatic heterocycles. The fourth-order valence-electron chi connectivity index (χ4n) is 3.39. The maximum Gasteiger partial charge on any atom is 0.316 e. The summed E-state index contributed by atoms with van der Waals surface area (Å²) in [5.41, 5.74) is 3.21. The van der Waals surface area contributed by atoms with Crippen molar-refractivity contribution in [3.8, 4) is 5.75 Å². The van der Waals surface area contributed by atoms with Crippen LogP contribution in [0.5, 0.6) is 5.75 Å². The van der Waals surface area contributed by atoms with Gasteiger partial charge in [-0.1, -0.05) is 48.5 Å². The summed E-state index contributed by atoms with van der Waals surface area (Å²) in [4.78, 5) is 23.9. The molecule has 7 nitrogen and oxygen atoms in total. The minimum absolute atomic E-state index is 0.0332. The number of carboxylic acid groups (broad SMARTS) is 1. The van der Waals surface area contributed by atoms with Gasteiger partial charge in [-0.2, -0.15) is 8.42 Å². The van der Waals surface area contributed by atoms with Crippen molar-refractivity contribution in [2.24, 2.45) is 0 Å². The Morgan fingerprint density at radius 2 is 1.46 bits per heavy atom. The number of aryl methyl sites for hydroxylation is 1. The molecule has 0 spiro atoms. The number of thioether (sulfide) groups is 1. The van der Waals surface area contributed by atoms with Gasteiger partial charge in [0.1, 0.15) is 23.4 Å². The van der Waals surface area contributed by atoms with E-state index in [0.29, 0.717) is 24.2 Å². The monoisotopic (exact) mass is 546 g/mol. The normalized spacial score (nSPS) is 12.1. The summed E-state index contributed by atoms with van der Waals surface area (Å²) >= 11 is 1.34. The van der Waals surface area contributed by atoms with E-state index in [0.717, 1.165) is 22.9 Å². The molecule has 10 heteroatoms. The van der Waals surface area contributed by atoms with Gasteiger partial charge in [0.05, 0.1) is 12.7 Å². The number of ether oxygens (including phenoxy) is 1. The molecule has 0 saturated heterocycles. The minimum Gasteiger partial charge on any atom is -0.480 e. The van der Waals surface area contributed by atoms with Crippen LogP contribution in [0.25, 0.3) is 0 Å². The van der Waals surface area contributed by atoms with Crippen molar-refractivity contribution in [1.82, 2.24) is 0 Å². The third-order valence-electron chi connectivity index (χ3n) is 5.26. The Morgan fingerprint density at radius 1 is 0.892 bits per heavy atom. The summed E-state index contributed by atoms with van der Waals surface area (Å²) in [7, 11) is -3.61. The Morgan fingerprint density at radius 3 is 2.05 bits per heavy atom. The van der Waals surface area contributed by atoms with Crippen molar-refractivity contribution in [1.29, 1.82) is 0 Å². The second-order valence-electron chi connectivity index (χ2n) is 8.36. The van der Waals surface area contributed by atoms with Crippen molar-refractivity contribution >= 4 is 33.8 Å². The zero-order valence-electron chi connectivity index (χ0n) is 20.1. The summed E-state index contributed by atoms with van der Waals surface area (Å²) in [5.74, 6) is -0.851. The molecule has 3 aromatic carbocycles. The van der Waals surface area contributed by atoms with E-state index in [1.165, 1.54) is 36.0 Å². The van der Waals surface area contributed by atoms with Gasteiger partial charge in [0.15, 0.2) is 0 Å². The summed E-state index contributed by atoms with van der Waals surface area (Å²) in [6.07, 6.45) is 2.00. The highest BCUT2D eigenvalue weighted by atomic mass is 32.2. The number of carboxylic acids is 1. The van der Waals surface area contributed by atoms with Gasteiger partial charge in [-0.15, -0.1) is 11.8 Å². The van der Waals surface area contributed by atoms with E-state index >= 15 is 0 Å². The standard InChI is InChI=1S/C27H27FO7S2/c1-37(32,33)35-24-12-8-22(9-13-24)18-34-26(29)17-21-4-2-20(3-5-21)16-25(27(30)31)36-15-14-19-6-10-23(28)11-7-19/h2-13,25H,14-18H2,1H3,(H,30,31). The topological polar surface area (TPSA) is 107 Å². The number of hydrogen-bond acceptors (Lipinski definition) is 7. The molecular weight excluding hydrogens is 519 g/mol. The van der Waals surface area contributed by atoms with Crippen LogP contribution in [-0.2, 0) is 50.3 Å². The molecule has 0 aliphatic carbocycles. The number of rotatable bonds is 13.